The fraction of sp³-hybridized carbons (Fsp3) is 0.211. The maximum absolute atomic E-state index is 6.13. The van der Waals surface area contributed by atoms with Crippen molar-refractivity contribution in [3.05, 3.63) is 59.9 Å². The zero-order chi connectivity index (χ0) is 15.7. The Labute approximate surface area is 143 Å². The predicted molar refractivity (Wildman–Crippen MR) is 97.3 cm³/mol. The van der Waals surface area contributed by atoms with E-state index in [1.54, 1.807) is 6.20 Å². The molecule has 0 fully saturated rings. The Morgan fingerprint density at radius 1 is 0.909 bits per heavy atom. The van der Waals surface area contributed by atoms with Gasteiger partial charge in [-0.25, -0.2) is 0 Å². The molecule has 3 rings (SSSR count). The number of hydrogen-bond donors (Lipinski definition) is 0. The third-order valence-corrected chi connectivity index (χ3v) is 6.63. The van der Waals surface area contributed by atoms with Crippen LogP contribution < -0.4 is 4.40 Å². The van der Waals surface area contributed by atoms with Crippen molar-refractivity contribution in [1.29, 1.82) is 0 Å². The van der Waals surface area contributed by atoms with E-state index in [2.05, 4.69) is 68.2 Å². The van der Waals surface area contributed by atoms with Gasteiger partial charge in [-0.05, 0) is 0 Å². The Balaban J connectivity index is 1.94. The number of benzene rings is 2. The van der Waals surface area contributed by atoms with Crippen LogP contribution in [0, 0.1) is 0 Å². The Bertz CT molecular complexity index is 804. The van der Waals surface area contributed by atoms with Crippen LogP contribution in [0.1, 0.15) is 20.8 Å². The second-order valence-corrected chi connectivity index (χ2v) is 11.7. The first-order valence-corrected chi connectivity index (χ1v) is 9.83. The third-order valence-electron chi connectivity index (χ3n) is 3.45. The van der Waals surface area contributed by atoms with E-state index in [1.165, 1.54) is 15.5 Å². The molecular formula is C19H18ClGeN. The van der Waals surface area contributed by atoms with E-state index >= 15 is 0 Å². The summed E-state index contributed by atoms with van der Waals surface area (Å²) in [6.07, 6.45) is 1.76. The fourth-order valence-electron chi connectivity index (χ4n) is 2.50. The number of halogens is 1. The predicted octanol–water partition coefficient (Wildman–Crippen LogP) is 5.10. The summed E-state index contributed by atoms with van der Waals surface area (Å²) in [4.78, 5) is 4.12. The van der Waals surface area contributed by atoms with Crippen molar-refractivity contribution < 1.29 is 0 Å². The van der Waals surface area contributed by atoms with Crippen LogP contribution in [0.2, 0.25) is 9.40 Å². The van der Waals surface area contributed by atoms with Gasteiger partial charge >= 0.3 is 143 Å². The van der Waals surface area contributed by atoms with Gasteiger partial charge in [-0.2, -0.15) is 0 Å². The van der Waals surface area contributed by atoms with E-state index in [-0.39, 0.29) is 15.4 Å². The standard InChI is InChI=1S/C19H18ClGeN/c1-19(2,3)21-16-7-4-13(5-8-16)14-6-9-17-15(12-14)10-11-22-18(17)20/h4-12H,1-3H3. The van der Waals surface area contributed by atoms with Crippen LogP contribution in [-0.2, 0) is 0 Å². The normalized spacial score (nSPS) is 11.8. The van der Waals surface area contributed by atoms with Crippen molar-refractivity contribution in [2.24, 2.45) is 0 Å². The molecule has 0 saturated heterocycles. The molecule has 0 aliphatic heterocycles. The van der Waals surface area contributed by atoms with Crippen LogP contribution in [0.5, 0.6) is 0 Å². The van der Waals surface area contributed by atoms with E-state index in [9.17, 15) is 0 Å². The van der Waals surface area contributed by atoms with Crippen LogP contribution in [0.4, 0.5) is 0 Å². The molecule has 22 heavy (non-hydrogen) atoms. The summed E-state index contributed by atoms with van der Waals surface area (Å²) in [6.45, 7) is 6.96. The number of pyridine rings is 1. The first kappa shape index (κ1) is 15.6. The van der Waals surface area contributed by atoms with Gasteiger partial charge in [0.15, 0.2) is 0 Å². The van der Waals surface area contributed by atoms with E-state index < -0.39 is 0 Å². The average Bonchev–Trinajstić information content (AvgIpc) is 2.46. The minimum atomic E-state index is -0.101. The molecule has 0 aliphatic rings. The zero-order valence-electron chi connectivity index (χ0n) is 13.0. The number of fused-ring (bicyclic) bond motifs is 1. The van der Waals surface area contributed by atoms with Crippen LogP contribution in [0.15, 0.2) is 54.7 Å². The molecular weight excluding hydrogens is 350 g/mol. The molecule has 1 heterocycles. The van der Waals surface area contributed by atoms with Crippen LogP contribution in [-0.4, -0.2) is 20.4 Å². The molecule has 0 spiro atoms. The molecule has 0 bridgehead atoms. The molecule has 0 aliphatic carbocycles. The minimum absolute atomic E-state index is 0.101. The molecule has 0 unspecified atom stereocenters. The van der Waals surface area contributed by atoms with Crippen molar-refractivity contribution in [2.75, 3.05) is 0 Å². The molecule has 0 saturated carbocycles. The number of nitrogens with zero attached hydrogens (tertiary/aromatic N) is 1. The zero-order valence-corrected chi connectivity index (χ0v) is 15.9. The molecule has 3 heteroatoms. The number of aromatic nitrogens is 1. The summed E-state index contributed by atoms with van der Waals surface area (Å²) in [5, 5.41) is 2.70. The second kappa shape index (κ2) is 6.06. The average molecular weight is 368 g/mol. The van der Waals surface area contributed by atoms with Crippen LogP contribution in [0.25, 0.3) is 21.9 Å². The molecule has 110 valence electrons. The van der Waals surface area contributed by atoms with Gasteiger partial charge in [-0.1, -0.05) is 0 Å². The molecule has 1 aromatic heterocycles. The van der Waals surface area contributed by atoms with E-state index in [1.807, 2.05) is 6.07 Å². The molecule has 0 N–H and O–H groups in total. The fourth-order valence-corrected chi connectivity index (χ4v) is 5.24. The summed E-state index contributed by atoms with van der Waals surface area (Å²) in [6, 6.07) is 17.4. The van der Waals surface area contributed by atoms with Gasteiger partial charge in [0.05, 0.1) is 0 Å². The molecule has 1 nitrogen and oxygen atoms in total. The Morgan fingerprint density at radius 2 is 1.59 bits per heavy atom. The van der Waals surface area contributed by atoms with Crippen molar-refractivity contribution in [1.82, 2.24) is 4.98 Å². The first-order valence-electron chi connectivity index (χ1n) is 7.35. The number of hydrogen-bond acceptors (Lipinski definition) is 1. The van der Waals surface area contributed by atoms with E-state index in [0.717, 1.165) is 10.8 Å². The van der Waals surface area contributed by atoms with Crippen molar-refractivity contribution in [3.63, 3.8) is 0 Å². The van der Waals surface area contributed by atoms with E-state index in [0.29, 0.717) is 9.40 Å². The first-order chi connectivity index (χ1) is 10.4. The third kappa shape index (κ3) is 3.53. The molecule has 0 amide bonds. The van der Waals surface area contributed by atoms with Gasteiger partial charge in [0, 0.05) is 0 Å². The molecule has 2 aromatic carbocycles. The van der Waals surface area contributed by atoms with E-state index in [4.69, 9.17) is 11.6 Å². The summed E-state index contributed by atoms with van der Waals surface area (Å²) in [5.74, 6) is 0. The van der Waals surface area contributed by atoms with Gasteiger partial charge in [0.2, 0.25) is 0 Å². The molecule has 3 aromatic rings. The topological polar surface area (TPSA) is 12.9 Å². The SMILES string of the molecule is C[C](C)(C)[Ge][c]1ccc(-c2ccc3c(Cl)nccc3c2)cc1. The summed E-state index contributed by atoms with van der Waals surface area (Å²) in [5.41, 5.74) is 2.47. The van der Waals surface area contributed by atoms with Gasteiger partial charge in [-0.15, -0.1) is 0 Å². The number of rotatable bonds is 2. The van der Waals surface area contributed by atoms with Gasteiger partial charge in [-0.3, -0.25) is 0 Å². The van der Waals surface area contributed by atoms with Gasteiger partial charge < -0.3 is 0 Å². The summed E-state index contributed by atoms with van der Waals surface area (Å²) >= 11 is 6.03. The summed E-state index contributed by atoms with van der Waals surface area (Å²) in [7, 11) is 0. The van der Waals surface area contributed by atoms with Gasteiger partial charge in [0.1, 0.15) is 0 Å². The quantitative estimate of drug-likeness (QED) is 0.453. The van der Waals surface area contributed by atoms with Crippen LogP contribution >= 0.6 is 11.6 Å². The summed E-state index contributed by atoms with van der Waals surface area (Å²) < 4.78 is 1.94. The Morgan fingerprint density at radius 3 is 2.27 bits per heavy atom. The molecule has 0 atom stereocenters. The van der Waals surface area contributed by atoms with Crippen LogP contribution in [0.3, 0.4) is 0 Å². The molecule has 2 radical (unpaired) electrons. The monoisotopic (exact) mass is 369 g/mol. The maximum atomic E-state index is 6.13. The van der Waals surface area contributed by atoms with Crippen molar-refractivity contribution >= 4 is 42.2 Å². The van der Waals surface area contributed by atoms with Gasteiger partial charge in [0.25, 0.3) is 0 Å². The second-order valence-electron chi connectivity index (χ2n) is 6.49. The Hall–Kier alpha value is -1.32. The van der Waals surface area contributed by atoms with Crippen molar-refractivity contribution in [2.45, 2.75) is 25.0 Å². The Kier molecular flexibility index (Phi) is 4.29. The van der Waals surface area contributed by atoms with Crippen molar-refractivity contribution in [3.8, 4) is 11.1 Å².